The molecule has 6 heteroatoms. The summed E-state index contributed by atoms with van der Waals surface area (Å²) in [6.45, 7) is 2.75. The van der Waals surface area contributed by atoms with E-state index in [0.29, 0.717) is 18.3 Å². The average Bonchev–Trinajstić information content (AvgIpc) is 2.93. The molecule has 0 aliphatic rings. The van der Waals surface area contributed by atoms with Crippen molar-refractivity contribution in [2.24, 2.45) is 12.8 Å². The SMILES string of the molecule is CC(CCCN)c1nc(-c2cnn(C)c2)no1. The van der Waals surface area contributed by atoms with Gasteiger partial charge in [-0.15, -0.1) is 0 Å². The lowest BCUT2D eigenvalue weighted by Gasteiger charge is -2.03. The highest BCUT2D eigenvalue weighted by molar-refractivity contribution is 5.51. The summed E-state index contributed by atoms with van der Waals surface area (Å²) < 4.78 is 6.96. The number of hydrogen-bond donors (Lipinski definition) is 1. The highest BCUT2D eigenvalue weighted by Gasteiger charge is 2.15. The van der Waals surface area contributed by atoms with Crippen LogP contribution in [-0.4, -0.2) is 26.5 Å². The molecule has 0 saturated heterocycles. The highest BCUT2D eigenvalue weighted by Crippen LogP contribution is 2.21. The van der Waals surface area contributed by atoms with Crippen LogP contribution in [0.5, 0.6) is 0 Å². The fourth-order valence-corrected chi connectivity index (χ4v) is 1.64. The first-order chi connectivity index (χ1) is 8.20. The molecule has 0 aliphatic carbocycles. The van der Waals surface area contributed by atoms with E-state index in [2.05, 4.69) is 22.2 Å². The number of hydrogen-bond acceptors (Lipinski definition) is 5. The van der Waals surface area contributed by atoms with E-state index in [-0.39, 0.29) is 5.92 Å². The standard InChI is InChI=1S/C11H17N5O/c1-8(4-3-5-12)11-14-10(15-17-11)9-6-13-16(2)7-9/h6-8H,3-5,12H2,1-2H3. The Morgan fingerprint density at radius 3 is 3.00 bits per heavy atom. The van der Waals surface area contributed by atoms with Crippen molar-refractivity contribution in [3.8, 4) is 11.4 Å². The smallest absolute Gasteiger partial charge is 0.229 e. The summed E-state index contributed by atoms with van der Waals surface area (Å²) in [7, 11) is 1.86. The maximum absolute atomic E-state index is 5.48. The third kappa shape index (κ3) is 2.71. The zero-order chi connectivity index (χ0) is 12.3. The van der Waals surface area contributed by atoms with Crippen molar-refractivity contribution >= 4 is 0 Å². The van der Waals surface area contributed by atoms with Crippen molar-refractivity contribution in [1.82, 2.24) is 19.9 Å². The van der Waals surface area contributed by atoms with Crippen LogP contribution in [0.3, 0.4) is 0 Å². The maximum atomic E-state index is 5.48. The molecule has 0 aromatic carbocycles. The molecule has 17 heavy (non-hydrogen) atoms. The lowest BCUT2D eigenvalue weighted by Crippen LogP contribution is -2.02. The first-order valence-electron chi connectivity index (χ1n) is 5.73. The first-order valence-corrected chi connectivity index (χ1v) is 5.73. The molecule has 0 saturated carbocycles. The predicted octanol–water partition coefficient (Wildman–Crippen LogP) is 1.31. The molecule has 0 radical (unpaired) electrons. The minimum absolute atomic E-state index is 0.247. The van der Waals surface area contributed by atoms with E-state index in [0.717, 1.165) is 18.4 Å². The quantitative estimate of drug-likeness (QED) is 0.844. The molecule has 0 fully saturated rings. The third-order valence-corrected chi connectivity index (χ3v) is 2.67. The van der Waals surface area contributed by atoms with Crippen molar-refractivity contribution in [3.05, 3.63) is 18.3 Å². The molecule has 2 aromatic rings. The van der Waals surface area contributed by atoms with Gasteiger partial charge in [-0.25, -0.2) is 0 Å². The summed E-state index contributed by atoms with van der Waals surface area (Å²) in [5.74, 6) is 1.50. The fourth-order valence-electron chi connectivity index (χ4n) is 1.64. The van der Waals surface area contributed by atoms with Crippen molar-refractivity contribution < 1.29 is 4.52 Å². The molecule has 1 atom stereocenters. The number of nitrogens with two attached hydrogens (primary N) is 1. The van der Waals surface area contributed by atoms with Crippen LogP contribution in [0.25, 0.3) is 11.4 Å². The highest BCUT2D eigenvalue weighted by atomic mass is 16.5. The van der Waals surface area contributed by atoms with Crippen molar-refractivity contribution in [2.45, 2.75) is 25.7 Å². The van der Waals surface area contributed by atoms with Gasteiger partial charge in [0.15, 0.2) is 0 Å². The Balaban J connectivity index is 2.10. The van der Waals surface area contributed by atoms with Gasteiger partial charge in [0.1, 0.15) is 0 Å². The largest absolute Gasteiger partial charge is 0.339 e. The van der Waals surface area contributed by atoms with Gasteiger partial charge in [0, 0.05) is 19.2 Å². The van der Waals surface area contributed by atoms with Crippen LogP contribution in [0.15, 0.2) is 16.9 Å². The Kier molecular flexibility index (Phi) is 3.53. The molecule has 2 rings (SSSR count). The Bertz CT molecular complexity index is 476. The van der Waals surface area contributed by atoms with Crippen molar-refractivity contribution in [3.63, 3.8) is 0 Å². The summed E-state index contributed by atoms with van der Waals surface area (Å²) in [6, 6.07) is 0. The van der Waals surface area contributed by atoms with E-state index < -0.39 is 0 Å². The van der Waals surface area contributed by atoms with Crippen LogP contribution in [0.2, 0.25) is 0 Å². The number of nitrogens with zero attached hydrogens (tertiary/aromatic N) is 4. The van der Waals surface area contributed by atoms with Gasteiger partial charge in [-0.05, 0) is 19.4 Å². The zero-order valence-electron chi connectivity index (χ0n) is 10.1. The van der Waals surface area contributed by atoms with E-state index in [9.17, 15) is 0 Å². The average molecular weight is 235 g/mol. The number of aromatic nitrogens is 4. The second-order valence-corrected chi connectivity index (χ2v) is 4.19. The Hall–Kier alpha value is -1.69. The van der Waals surface area contributed by atoms with Gasteiger partial charge < -0.3 is 10.3 Å². The third-order valence-electron chi connectivity index (χ3n) is 2.67. The molecular weight excluding hydrogens is 218 g/mol. The van der Waals surface area contributed by atoms with Crippen LogP contribution in [-0.2, 0) is 7.05 Å². The number of rotatable bonds is 5. The Morgan fingerprint density at radius 2 is 2.35 bits per heavy atom. The monoisotopic (exact) mass is 235 g/mol. The normalized spacial score (nSPS) is 12.9. The van der Waals surface area contributed by atoms with E-state index in [1.165, 1.54) is 0 Å². The summed E-state index contributed by atoms with van der Waals surface area (Å²) in [6.07, 6.45) is 5.51. The van der Waals surface area contributed by atoms with Gasteiger partial charge in [0.05, 0.1) is 11.8 Å². The zero-order valence-corrected chi connectivity index (χ0v) is 10.1. The van der Waals surface area contributed by atoms with Gasteiger partial charge in [-0.2, -0.15) is 10.1 Å². The summed E-state index contributed by atoms with van der Waals surface area (Å²) in [5.41, 5.74) is 6.35. The van der Waals surface area contributed by atoms with Crippen molar-refractivity contribution in [2.75, 3.05) is 6.54 Å². The number of aryl methyl sites for hydroxylation is 1. The fraction of sp³-hybridized carbons (Fsp3) is 0.545. The van der Waals surface area contributed by atoms with E-state index in [1.807, 2.05) is 13.2 Å². The Morgan fingerprint density at radius 1 is 1.53 bits per heavy atom. The molecule has 0 amide bonds. The van der Waals surface area contributed by atoms with Crippen LogP contribution >= 0.6 is 0 Å². The summed E-state index contributed by atoms with van der Waals surface area (Å²) in [4.78, 5) is 4.37. The molecule has 0 bridgehead atoms. The Labute approximate surface area is 99.8 Å². The maximum Gasteiger partial charge on any atom is 0.229 e. The molecular formula is C11H17N5O. The second kappa shape index (κ2) is 5.09. The van der Waals surface area contributed by atoms with Gasteiger partial charge in [-0.3, -0.25) is 4.68 Å². The van der Waals surface area contributed by atoms with E-state index >= 15 is 0 Å². The van der Waals surface area contributed by atoms with Gasteiger partial charge in [-0.1, -0.05) is 12.1 Å². The molecule has 6 nitrogen and oxygen atoms in total. The van der Waals surface area contributed by atoms with Gasteiger partial charge in [0.2, 0.25) is 11.7 Å². The minimum atomic E-state index is 0.247. The predicted molar refractivity (Wildman–Crippen MR) is 63.2 cm³/mol. The lowest BCUT2D eigenvalue weighted by atomic mass is 10.1. The van der Waals surface area contributed by atoms with Gasteiger partial charge >= 0.3 is 0 Å². The van der Waals surface area contributed by atoms with E-state index in [1.54, 1.807) is 10.9 Å². The van der Waals surface area contributed by atoms with E-state index in [4.69, 9.17) is 10.3 Å². The van der Waals surface area contributed by atoms with Gasteiger partial charge in [0.25, 0.3) is 0 Å². The molecule has 92 valence electrons. The summed E-state index contributed by atoms with van der Waals surface area (Å²) in [5, 5.41) is 8.03. The molecule has 0 aliphatic heterocycles. The van der Waals surface area contributed by atoms with Crippen LogP contribution < -0.4 is 5.73 Å². The van der Waals surface area contributed by atoms with Crippen LogP contribution in [0.1, 0.15) is 31.6 Å². The molecule has 1 unspecified atom stereocenters. The first kappa shape index (κ1) is 11.8. The van der Waals surface area contributed by atoms with Crippen LogP contribution in [0, 0.1) is 0 Å². The molecule has 2 heterocycles. The summed E-state index contributed by atoms with van der Waals surface area (Å²) >= 11 is 0. The molecule has 2 aromatic heterocycles. The molecule has 0 spiro atoms. The van der Waals surface area contributed by atoms with Crippen LogP contribution in [0.4, 0.5) is 0 Å². The second-order valence-electron chi connectivity index (χ2n) is 4.19. The lowest BCUT2D eigenvalue weighted by molar-refractivity contribution is 0.352. The molecule has 2 N–H and O–H groups in total. The van der Waals surface area contributed by atoms with Crippen molar-refractivity contribution in [1.29, 1.82) is 0 Å². The topological polar surface area (TPSA) is 82.8 Å². The minimum Gasteiger partial charge on any atom is -0.339 e.